The van der Waals surface area contributed by atoms with E-state index in [1.807, 2.05) is 30.5 Å². The van der Waals surface area contributed by atoms with E-state index in [-0.39, 0.29) is 4.84 Å². The molecule has 2 aromatic rings. The van der Waals surface area contributed by atoms with Gasteiger partial charge < -0.3 is 0 Å². The molecule has 0 fully saturated rings. The lowest BCUT2D eigenvalue weighted by atomic mass is 10.2. The summed E-state index contributed by atoms with van der Waals surface area (Å²) in [4.78, 5) is 3.96. The largest absolute Gasteiger partial charge is 0.256 e. The zero-order valence-corrected chi connectivity index (χ0v) is 9.33. The van der Waals surface area contributed by atoms with E-state index in [2.05, 4.69) is 17.1 Å². The summed E-state index contributed by atoms with van der Waals surface area (Å²) >= 11 is 10.1. The van der Waals surface area contributed by atoms with Crippen LogP contribution in [0.25, 0.3) is 10.9 Å². The number of pyridine rings is 1. The van der Waals surface area contributed by atoms with Gasteiger partial charge in [-0.15, -0.1) is 23.2 Å². The van der Waals surface area contributed by atoms with Crippen LogP contribution in [0.4, 0.5) is 0 Å². The van der Waals surface area contributed by atoms with Crippen molar-refractivity contribution in [3.05, 3.63) is 42.6 Å². The zero-order chi connectivity index (χ0) is 10.4. The number of benzene rings is 1. The molecule has 0 radical (unpaired) electrons. The molecule has 0 aliphatic carbocycles. The molecule has 0 saturated carbocycles. The smallest absolute Gasteiger partial charge is 0.105 e. The Morgan fingerprint density at radius 1 is 1.07 bits per heavy atom. The Morgan fingerprint density at radius 2 is 1.64 bits per heavy atom. The van der Waals surface area contributed by atoms with Gasteiger partial charge in [-0.25, -0.2) is 0 Å². The molecular weight excluding hydrogens is 217 g/mol. The van der Waals surface area contributed by atoms with Crippen LogP contribution in [-0.4, -0.2) is 9.82 Å². The molecule has 2 rings (SSSR count). The van der Waals surface area contributed by atoms with Gasteiger partial charge in [-0.3, -0.25) is 4.98 Å². The molecule has 74 valence electrons. The van der Waals surface area contributed by atoms with Crippen LogP contribution in [0.15, 0.2) is 42.6 Å². The molecule has 0 saturated heterocycles. The van der Waals surface area contributed by atoms with Crippen molar-refractivity contribution >= 4 is 34.1 Å². The van der Waals surface area contributed by atoms with E-state index in [0.717, 1.165) is 5.52 Å². The van der Waals surface area contributed by atoms with Crippen molar-refractivity contribution in [1.82, 2.24) is 4.98 Å². The van der Waals surface area contributed by atoms with Crippen LogP contribution in [0.1, 0.15) is 6.92 Å². The maximum Gasteiger partial charge on any atom is 0.105 e. The first-order valence-electron chi connectivity index (χ1n) is 4.28. The standard InChI is InChI=1S/C9H7N.C2H4Cl2/c1-2-6-9-8(4-1)5-3-7-10-9;1-2(3)4/h1-7H;2H,1H3. The second kappa shape index (κ2) is 5.84. The number of aromatic nitrogens is 1. The average molecular weight is 228 g/mol. The molecule has 1 heterocycles. The van der Waals surface area contributed by atoms with Crippen molar-refractivity contribution in [2.75, 3.05) is 0 Å². The third kappa shape index (κ3) is 3.95. The molecular formula is C11H11Cl2N. The van der Waals surface area contributed by atoms with Gasteiger partial charge in [0.15, 0.2) is 0 Å². The Morgan fingerprint density at radius 3 is 2.29 bits per heavy atom. The fraction of sp³-hybridized carbons (Fsp3) is 0.182. The molecule has 1 nitrogen and oxygen atoms in total. The molecule has 0 N–H and O–H groups in total. The molecule has 0 amide bonds. The number of alkyl halides is 2. The van der Waals surface area contributed by atoms with Crippen molar-refractivity contribution < 1.29 is 0 Å². The summed E-state index contributed by atoms with van der Waals surface area (Å²) in [6.45, 7) is 1.70. The molecule has 14 heavy (non-hydrogen) atoms. The fourth-order valence-electron chi connectivity index (χ4n) is 1.02. The van der Waals surface area contributed by atoms with Crippen molar-refractivity contribution in [3.8, 4) is 0 Å². The Balaban J connectivity index is 0.000000213. The van der Waals surface area contributed by atoms with E-state index in [1.165, 1.54) is 5.39 Å². The zero-order valence-electron chi connectivity index (χ0n) is 7.82. The maximum absolute atomic E-state index is 5.04. The van der Waals surface area contributed by atoms with E-state index < -0.39 is 0 Å². The van der Waals surface area contributed by atoms with Gasteiger partial charge in [0.2, 0.25) is 0 Å². The van der Waals surface area contributed by atoms with Gasteiger partial charge in [0, 0.05) is 11.6 Å². The van der Waals surface area contributed by atoms with Gasteiger partial charge in [0.25, 0.3) is 0 Å². The van der Waals surface area contributed by atoms with Crippen molar-refractivity contribution in [3.63, 3.8) is 0 Å². The minimum Gasteiger partial charge on any atom is -0.256 e. The van der Waals surface area contributed by atoms with Gasteiger partial charge in [0.05, 0.1) is 5.52 Å². The van der Waals surface area contributed by atoms with Crippen molar-refractivity contribution in [2.45, 2.75) is 11.8 Å². The van der Waals surface area contributed by atoms with Crippen LogP contribution < -0.4 is 0 Å². The predicted molar refractivity (Wildman–Crippen MR) is 62.9 cm³/mol. The van der Waals surface area contributed by atoms with Crippen LogP contribution in [0.3, 0.4) is 0 Å². The van der Waals surface area contributed by atoms with Gasteiger partial charge in [-0.05, 0) is 19.1 Å². The second-order valence-corrected chi connectivity index (χ2v) is 4.25. The molecule has 0 unspecified atom stereocenters. The van der Waals surface area contributed by atoms with Crippen LogP contribution in [-0.2, 0) is 0 Å². The number of rotatable bonds is 0. The van der Waals surface area contributed by atoms with Crippen LogP contribution in [0.2, 0.25) is 0 Å². The van der Waals surface area contributed by atoms with Gasteiger partial charge in [-0.1, -0.05) is 24.3 Å². The number of hydrogen-bond donors (Lipinski definition) is 0. The van der Waals surface area contributed by atoms with E-state index in [9.17, 15) is 0 Å². The molecule has 0 aliphatic heterocycles. The SMILES string of the molecule is CC(Cl)Cl.c1ccc2ncccc2c1. The van der Waals surface area contributed by atoms with Crippen LogP contribution in [0.5, 0.6) is 0 Å². The number of halogens is 2. The predicted octanol–water partition coefficient (Wildman–Crippen LogP) is 4.04. The summed E-state index contributed by atoms with van der Waals surface area (Å²) in [5.74, 6) is 0. The molecule has 0 aliphatic rings. The summed E-state index contributed by atoms with van der Waals surface area (Å²) in [5.41, 5.74) is 1.06. The molecule has 0 atom stereocenters. The first-order valence-corrected chi connectivity index (χ1v) is 5.15. The highest BCUT2D eigenvalue weighted by Crippen LogP contribution is 2.07. The van der Waals surface area contributed by atoms with Crippen LogP contribution >= 0.6 is 23.2 Å². The Hall–Kier alpha value is -0.790. The summed E-state index contributed by atoms with van der Waals surface area (Å²) in [6.07, 6.45) is 1.81. The molecule has 0 bridgehead atoms. The molecule has 0 spiro atoms. The normalized spacial score (nSPS) is 9.71. The summed E-state index contributed by atoms with van der Waals surface area (Å²) < 4.78 is 0. The first-order chi connectivity index (χ1) is 6.70. The number of nitrogens with zero attached hydrogens (tertiary/aromatic N) is 1. The van der Waals surface area contributed by atoms with Gasteiger partial charge in [0.1, 0.15) is 4.84 Å². The third-order valence-electron chi connectivity index (χ3n) is 1.51. The maximum atomic E-state index is 5.04. The van der Waals surface area contributed by atoms with Gasteiger partial charge in [-0.2, -0.15) is 0 Å². The lowest BCUT2D eigenvalue weighted by Crippen LogP contribution is -1.73. The highest BCUT2D eigenvalue weighted by atomic mass is 35.5. The summed E-state index contributed by atoms with van der Waals surface area (Å²) in [5, 5.41) is 1.20. The second-order valence-electron chi connectivity index (χ2n) is 2.72. The quantitative estimate of drug-likeness (QED) is 0.620. The lowest BCUT2D eigenvalue weighted by molar-refractivity contribution is 1.39. The minimum atomic E-state index is -0.222. The summed E-state index contributed by atoms with van der Waals surface area (Å²) in [7, 11) is 0. The third-order valence-corrected chi connectivity index (χ3v) is 1.51. The highest BCUT2D eigenvalue weighted by Gasteiger charge is 1.86. The van der Waals surface area contributed by atoms with E-state index in [4.69, 9.17) is 23.2 Å². The number of hydrogen-bond acceptors (Lipinski definition) is 1. The average Bonchev–Trinajstić information content (AvgIpc) is 2.17. The molecule has 3 heteroatoms. The summed E-state index contributed by atoms with van der Waals surface area (Å²) in [6, 6.07) is 12.1. The monoisotopic (exact) mass is 227 g/mol. The molecule has 1 aromatic heterocycles. The van der Waals surface area contributed by atoms with E-state index in [0.29, 0.717) is 0 Å². The topological polar surface area (TPSA) is 12.9 Å². The highest BCUT2D eigenvalue weighted by molar-refractivity contribution is 6.43. The van der Waals surface area contributed by atoms with Gasteiger partial charge >= 0.3 is 0 Å². The molecule has 1 aromatic carbocycles. The Bertz CT molecular complexity index is 319. The number of fused-ring (bicyclic) bond motifs is 1. The van der Waals surface area contributed by atoms with E-state index in [1.54, 1.807) is 6.92 Å². The fourth-order valence-corrected chi connectivity index (χ4v) is 1.02. The number of para-hydroxylation sites is 1. The Kier molecular flexibility index (Phi) is 4.71. The van der Waals surface area contributed by atoms with Crippen molar-refractivity contribution in [2.24, 2.45) is 0 Å². The van der Waals surface area contributed by atoms with Crippen LogP contribution in [0, 0.1) is 0 Å². The lowest BCUT2D eigenvalue weighted by Gasteiger charge is -1.91. The van der Waals surface area contributed by atoms with E-state index >= 15 is 0 Å². The Labute approximate surface area is 93.7 Å². The minimum absolute atomic E-state index is 0.222. The first kappa shape index (κ1) is 11.3. The van der Waals surface area contributed by atoms with Crippen molar-refractivity contribution in [1.29, 1.82) is 0 Å².